The number of rotatable bonds is 21. The van der Waals surface area contributed by atoms with Gasteiger partial charge in [-0.25, -0.2) is 9.97 Å². The van der Waals surface area contributed by atoms with E-state index in [1.165, 1.54) is 0 Å². The van der Waals surface area contributed by atoms with E-state index < -0.39 is 0 Å². The van der Waals surface area contributed by atoms with Crippen molar-refractivity contribution in [1.82, 2.24) is 24.0 Å². The summed E-state index contributed by atoms with van der Waals surface area (Å²) >= 11 is 0. The molecule has 2 aromatic heterocycles. The molecule has 0 unspecified atom stereocenters. The largest absolute Gasteiger partial charge is 0.493 e. The van der Waals surface area contributed by atoms with Gasteiger partial charge in [-0.2, -0.15) is 0 Å². The number of hydrogen-bond donors (Lipinski definition) is 0. The van der Waals surface area contributed by atoms with Crippen molar-refractivity contribution in [3.8, 4) is 17.2 Å². The minimum Gasteiger partial charge on any atom is -0.493 e. The second-order valence-electron chi connectivity index (χ2n) is 9.35. The lowest BCUT2D eigenvalue weighted by Gasteiger charge is -2.25. The Morgan fingerprint density at radius 3 is 1.43 bits per heavy atom. The van der Waals surface area contributed by atoms with Crippen molar-refractivity contribution in [1.29, 1.82) is 0 Å². The average Bonchev–Trinajstić information content (AvgIpc) is 3.61. The fourth-order valence-electron chi connectivity index (χ4n) is 4.74. The third kappa shape index (κ3) is 9.43. The summed E-state index contributed by atoms with van der Waals surface area (Å²) in [7, 11) is 4.83. The van der Waals surface area contributed by atoms with Crippen LogP contribution in [0.3, 0.4) is 0 Å². The zero-order chi connectivity index (χ0) is 30.3. The number of imidazole rings is 2. The molecule has 3 rings (SSSR count). The van der Waals surface area contributed by atoms with Gasteiger partial charge in [0.15, 0.2) is 24.1 Å². The van der Waals surface area contributed by atoms with Gasteiger partial charge in [0, 0.05) is 57.8 Å². The van der Waals surface area contributed by atoms with Crippen molar-refractivity contribution in [3.63, 3.8) is 0 Å². The van der Waals surface area contributed by atoms with E-state index in [0.717, 1.165) is 17.2 Å². The van der Waals surface area contributed by atoms with Crippen LogP contribution in [0.1, 0.15) is 44.9 Å². The average molecular weight is 590 g/mol. The molecule has 0 aliphatic rings. The van der Waals surface area contributed by atoms with Crippen LogP contribution in [0.2, 0.25) is 0 Å². The van der Waals surface area contributed by atoms with Gasteiger partial charge >= 0.3 is 0 Å². The lowest BCUT2D eigenvalue weighted by atomic mass is 10.1. The molecule has 2 heterocycles. The molecule has 0 spiro atoms. The zero-order valence-corrected chi connectivity index (χ0v) is 26.1. The fourth-order valence-corrected chi connectivity index (χ4v) is 4.74. The Balaban J connectivity index is 1.92. The quantitative estimate of drug-likeness (QED) is 0.169. The van der Waals surface area contributed by atoms with Gasteiger partial charge in [0.05, 0.1) is 47.5 Å². The fraction of sp³-hybridized carbons (Fsp3) is 0.600. The molecule has 1 aromatic carbocycles. The summed E-state index contributed by atoms with van der Waals surface area (Å²) in [6.07, 6.45) is 6.80. The van der Waals surface area contributed by atoms with Crippen LogP contribution in [0.5, 0.6) is 17.2 Å². The summed E-state index contributed by atoms with van der Waals surface area (Å²) in [5.41, 5.74) is 0.990. The predicted octanol–water partition coefficient (Wildman–Crippen LogP) is 4.11. The van der Waals surface area contributed by atoms with Crippen LogP contribution in [-0.2, 0) is 51.7 Å². The maximum atomic E-state index is 5.80. The summed E-state index contributed by atoms with van der Waals surface area (Å²) < 4.78 is 44.1. The molecule has 3 aromatic rings. The molecule has 0 aliphatic heterocycles. The standard InChI is InChI=1S/C30H47N5O7/c1-8-39-28(40-9-2)21-34-14-12-31-26(34)19-33(18-23-16-24(36-5)30(38-7)25(17-23)37-6)20-27-32-13-15-35(27)22-29(41-10-3)42-11-4/h12-17,28-29H,8-11,18-22H2,1-7H3. The molecule has 12 nitrogen and oxygen atoms in total. The second kappa shape index (κ2) is 17.7. The Hall–Kier alpha value is -3.16. The summed E-state index contributed by atoms with van der Waals surface area (Å²) in [5.74, 6) is 3.51. The smallest absolute Gasteiger partial charge is 0.203 e. The van der Waals surface area contributed by atoms with E-state index in [9.17, 15) is 0 Å². The van der Waals surface area contributed by atoms with Crippen LogP contribution >= 0.6 is 0 Å². The number of methoxy groups -OCH3 is 3. The van der Waals surface area contributed by atoms with Gasteiger partial charge in [-0.15, -0.1) is 0 Å². The number of aromatic nitrogens is 4. The molecule has 0 radical (unpaired) electrons. The first-order valence-electron chi connectivity index (χ1n) is 14.5. The maximum absolute atomic E-state index is 5.80. The molecule has 0 saturated heterocycles. The van der Waals surface area contributed by atoms with Gasteiger partial charge in [0.1, 0.15) is 11.6 Å². The zero-order valence-electron chi connectivity index (χ0n) is 26.1. The maximum Gasteiger partial charge on any atom is 0.203 e. The van der Waals surface area contributed by atoms with Gasteiger partial charge in [-0.05, 0) is 45.4 Å². The third-order valence-electron chi connectivity index (χ3n) is 6.57. The van der Waals surface area contributed by atoms with Crippen molar-refractivity contribution in [2.24, 2.45) is 0 Å². The van der Waals surface area contributed by atoms with E-state index >= 15 is 0 Å². The monoisotopic (exact) mass is 589 g/mol. The van der Waals surface area contributed by atoms with Crippen LogP contribution in [-0.4, -0.2) is 84.3 Å². The van der Waals surface area contributed by atoms with Gasteiger partial charge in [0.25, 0.3) is 0 Å². The molecule has 0 N–H and O–H groups in total. The van der Waals surface area contributed by atoms with Gasteiger partial charge in [-0.3, -0.25) is 4.90 Å². The highest BCUT2D eigenvalue weighted by Crippen LogP contribution is 2.38. The first kappa shape index (κ1) is 33.3. The third-order valence-corrected chi connectivity index (χ3v) is 6.57. The Kier molecular flexibility index (Phi) is 14.1. The lowest BCUT2D eigenvalue weighted by molar-refractivity contribution is -0.144. The first-order chi connectivity index (χ1) is 20.5. The molecular formula is C30H47N5O7. The predicted molar refractivity (Wildman–Crippen MR) is 158 cm³/mol. The topological polar surface area (TPSA) is 103 Å². The molecule has 0 atom stereocenters. The van der Waals surface area contributed by atoms with Crippen molar-refractivity contribution in [2.75, 3.05) is 47.8 Å². The van der Waals surface area contributed by atoms with Crippen molar-refractivity contribution >= 4 is 0 Å². The van der Waals surface area contributed by atoms with Crippen molar-refractivity contribution < 1.29 is 33.2 Å². The summed E-state index contributed by atoms with van der Waals surface area (Å²) in [4.78, 5) is 11.6. The summed E-state index contributed by atoms with van der Waals surface area (Å²) in [5, 5.41) is 0. The van der Waals surface area contributed by atoms with Gasteiger partial charge in [-0.1, -0.05) is 0 Å². The molecule has 42 heavy (non-hydrogen) atoms. The van der Waals surface area contributed by atoms with E-state index in [-0.39, 0.29) is 12.6 Å². The van der Waals surface area contributed by atoms with E-state index in [4.69, 9.17) is 33.2 Å². The Bertz CT molecular complexity index is 1090. The number of nitrogens with zero attached hydrogens (tertiary/aromatic N) is 5. The summed E-state index contributed by atoms with van der Waals surface area (Å²) in [6.45, 7) is 12.8. The number of benzene rings is 1. The molecule has 0 bridgehead atoms. The molecule has 0 aliphatic carbocycles. The minimum atomic E-state index is -0.357. The minimum absolute atomic E-state index is 0.357. The summed E-state index contributed by atoms with van der Waals surface area (Å²) in [6, 6.07) is 3.93. The van der Waals surface area contributed by atoms with Crippen molar-refractivity contribution in [3.05, 3.63) is 54.1 Å². The molecule has 234 valence electrons. The van der Waals surface area contributed by atoms with Gasteiger partial charge < -0.3 is 42.3 Å². The van der Waals surface area contributed by atoms with E-state index in [1.54, 1.807) is 33.7 Å². The first-order valence-corrected chi connectivity index (χ1v) is 14.5. The van der Waals surface area contributed by atoms with Crippen molar-refractivity contribution in [2.45, 2.75) is 73.0 Å². The van der Waals surface area contributed by atoms with Crippen LogP contribution in [0.25, 0.3) is 0 Å². The highest BCUT2D eigenvalue weighted by atomic mass is 16.7. The highest BCUT2D eigenvalue weighted by molar-refractivity contribution is 5.53. The molecule has 0 amide bonds. The second-order valence-corrected chi connectivity index (χ2v) is 9.35. The van der Waals surface area contributed by atoms with Crippen LogP contribution in [0.4, 0.5) is 0 Å². The Morgan fingerprint density at radius 2 is 1.07 bits per heavy atom. The van der Waals surface area contributed by atoms with Gasteiger partial charge in [0.2, 0.25) is 5.75 Å². The van der Waals surface area contributed by atoms with E-state index in [2.05, 4.69) is 24.0 Å². The molecular weight excluding hydrogens is 542 g/mol. The highest BCUT2D eigenvalue weighted by Gasteiger charge is 2.20. The normalized spacial score (nSPS) is 11.7. The van der Waals surface area contributed by atoms with E-state index in [1.807, 2.05) is 52.2 Å². The number of ether oxygens (including phenoxy) is 7. The van der Waals surface area contributed by atoms with Crippen LogP contribution in [0.15, 0.2) is 36.9 Å². The number of hydrogen-bond acceptors (Lipinski definition) is 10. The Morgan fingerprint density at radius 1 is 0.643 bits per heavy atom. The van der Waals surface area contributed by atoms with Crippen LogP contribution < -0.4 is 14.2 Å². The molecule has 0 saturated carbocycles. The lowest BCUT2D eigenvalue weighted by Crippen LogP contribution is -2.30. The van der Waals surface area contributed by atoms with E-state index in [0.29, 0.717) is 76.4 Å². The Labute approximate surface area is 249 Å². The molecule has 0 fully saturated rings. The van der Waals surface area contributed by atoms with Crippen LogP contribution in [0, 0.1) is 0 Å². The molecule has 12 heteroatoms. The SMILES string of the molecule is CCOC(Cn1ccnc1CN(Cc1cc(OC)c(OC)c(OC)c1)Cc1nccn1CC(OCC)OCC)OCC.